The fourth-order valence-corrected chi connectivity index (χ4v) is 3.52. The molecule has 4 heteroatoms. The largest absolute Gasteiger partial charge is 0.365 e. The zero-order valence-corrected chi connectivity index (χ0v) is 13.9. The minimum atomic E-state index is -0.264. The van der Waals surface area contributed by atoms with Crippen molar-refractivity contribution in [3.63, 3.8) is 0 Å². The van der Waals surface area contributed by atoms with Crippen LogP contribution in [0.25, 0.3) is 0 Å². The molecule has 21 heavy (non-hydrogen) atoms. The molecule has 1 N–H and O–H groups in total. The monoisotopic (exact) mass is 296 g/mol. The summed E-state index contributed by atoms with van der Waals surface area (Å²) < 4.78 is 6.11. The molecule has 1 aliphatic carbocycles. The van der Waals surface area contributed by atoms with Crippen molar-refractivity contribution in [3.8, 4) is 0 Å². The summed E-state index contributed by atoms with van der Waals surface area (Å²) in [5.41, 5.74) is 0. The van der Waals surface area contributed by atoms with Crippen molar-refractivity contribution < 1.29 is 9.53 Å². The van der Waals surface area contributed by atoms with Crippen molar-refractivity contribution in [2.45, 2.75) is 77.0 Å². The molecule has 1 saturated carbocycles. The summed E-state index contributed by atoms with van der Waals surface area (Å²) >= 11 is 0. The smallest absolute Gasteiger partial charge is 0.249 e. The molecule has 1 aliphatic heterocycles. The van der Waals surface area contributed by atoms with Crippen LogP contribution in [0.5, 0.6) is 0 Å². The number of hydrogen-bond donors (Lipinski definition) is 1. The maximum absolute atomic E-state index is 12.4. The molecule has 1 amide bonds. The van der Waals surface area contributed by atoms with Crippen LogP contribution in [0, 0.1) is 5.92 Å². The number of piperidine rings is 1. The van der Waals surface area contributed by atoms with E-state index in [9.17, 15) is 4.79 Å². The second-order valence-electron chi connectivity index (χ2n) is 7.01. The van der Waals surface area contributed by atoms with E-state index in [0.717, 1.165) is 51.1 Å². The Morgan fingerprint density at radius 3 is 2.62 bits per heavy atom. The van der Waals surface area contributed by atoms with E-state index in [0.29, 0.717) is 6.04 Å². The van der Waals surface area contributed by atoms with Gasteiger partial charge in [0.1, 0.15) is 6.10 Å². The number of nitrogens with zero attached hydrogens (tertiary/aromatic N) is 1. The molecule has 0 aromatic carbocycles. The highest BCUT2D eigenvalue weighted by atomic mass is 16.5. The number of ether oxygens (including phenoxy) is 1. The number of nitrogens with one attached hydrogen (secondary N) is 1. The number of likely N-dealkylation sites (tertiary alicyclic amines) is 1. The molecule has 2 rings (SSSR count). The molecule has 2 fully saturated rings. The summed E-state index contributed by atoms with van der Waals surface area (Å²) in [6.45, 7) is 6.48. The maximum atomic E-state index is 12.4. The van der Waals surface area contributed by atoms with Gasteiger partial charge in [-0.3, -0.25) is 4.79 Å². The third-order valence-electron chi connectivity index (χ3n) is 4.97. The molecular formula is C17H32N2O2. The van der Waals surface area contributed by atoms with E-state index in [2.05, 4.69) is 24.2 Å². The topological polar surface area (TPSA) is 41.6 Å². The maximum Gasteiger partial charge on any atom is 0.249 e. The lowest BCUT2D eigenvalue weighted by atomic mass is 9.88. The van der Waals surface area contributed by atoms with E-state index in [4.69, 9.17) is 4.74 Å². The van der Waals surface area contributed by atoms with Crippen molar-refractivity contribution in [2.75, 3.05) is 20.1 Å². The van der Waals surface area contributed by atoms with Crippen molar-refractivity contribution in [1.82, 2.24) is 10.2 Å². The Morgan fingerprint density at radius 2 is 2.00 bits per heavy atom. The van der Waals surface area contributed by atoms with E-state index >= 15 is 0 Å². The van der Waals surface area contributed by atoms with Crippen LogP contribution in [0.1, 0.15) is 58.8 Å². The first-order valence-corrected chi connectivity index (χ1v) is 8.72. The molecule has 1 heterocycles. The standard InChI is InChI=1S/C17H32N2O2/c1-4-16(21-15-7-5-6-13(2)12-15)17(20)18-14-8-10-19(3)11-9-14/h13-16H,4-12H2,1-3H3,(H,18,20)/t13-,15-,16-/m0/s1. The van der Waals surface area contributed by atoms with Crippen LogP contribution in [0.4, 0.5) is 0 Å². The first-order valence-electron chi connectivity index (χ1n) is 8.72. The Kier molecular flexibility index (Phi) is 6.49. The zero-order valence-electron chi connectivity index (χ0n) is 13.9. The Morgan fingerprint density at radius 1 is 1.29 bits per heavy atom. The van der Waals surface area contributed by atoms with Crippen molar-refractivity contribution in [2.24, 2.45) is 5.92 Å². The Balaban J connectivity index is 1.78. The number of carbonyl (C=O) groups excluding carboxylic acids is 1. The molecule has 0 bridgehead atoms. The van der Waals surface area contributed by atoms with Gasteiger partial charge in [0, 0.05) is 6.04 Å². The van der Waals surface area contributed by atoms with Gasteiger partial charge in [0.05, 0.1) is 6.10 Å². The van der Waals surface area contributed by atoms with Crippen LogP contribution in [-0.4, -0.2) is 49.2 Å². The summed E-state index contributed by atoms with van der Waals surface area (Å²) in [4.78, 5) is 14.7. The lowest BCUT2D eigenvalue weighted by Crippen LogP contribution is -2.48. The molecular weight excluding hydrogens is 264 g/mol. The van der Waals surface area contributed by atoms with Crippen LogP contribution >= 0.6 is 0 Å². The number of rotatable bonds is 5. The highest BCUT2D eigenvalue weighted by Gasteiger charge is 2.27. The highest BCUT2D eigenvalue weighted by molar-refractivity contribution is 5.81. The third-order valence-corrected chi connectivity index (χ3v) is 4.97. The molecule has 0 aromatic heterocycles. The van der Waals surface area contributed by atoms with Crippen LogP contribution in [0.2, 0.25) is 0 Å². The first-order chi connectivity index (χ1) is 10.1. The molecule has 1 saturated heterocycles. The average molecular weight is 296 g/mol. The molecule has 0 spiro atoms. The summed E-state index contributed by atoms with van der Waals surface area (Å²) in [5.74, 6) is 0.837. The van der Waals surface area contributed by atoms with Crippen molar-refractivity contribution in [3.05, 3.63) is 0 Å². The zero-order chi connectivity index (χ0) is 15.2. The molecule has 0 unspecified atom stereocenters. The van der Waals surface area contributed by atoms with Gasteiger partial charge in [-0.25, -0.2) is 0 Å². The van der Waals surface area contributed by atoms with Crippen molar-refractivity contribution in [1.29, 1.82) is 0 Å². The Bertz CT molecular complexity index is 327. The summed E-state index contributed by atoms with van der Waals surface area (Å²) in [5, 5.41) is 3.20. The fourth-order valence-electron chi connectivity index (χ4n) is 3.52. The van der Waals surface area contributed by atoms with E-state index in [1.54, 1.807) is 0 Å². The molecule has 0 radical (unpaired) electrons. The normalized spacial score (nSPS) is 30.0. The second-order valence-corrected chi connectivity index (χ2v) is 7.01. The number of hydrogen-bond acceptors (Lipinski definition) is 3. The summed E-state index contributed by atoms with van der Waals surface area (Å²) in [6.07, 6.45) is 7.65. The van der Waals surface area contributed by atoms with E-state index in [1.165, 1.54) is 12.8 Å². The van der Waals surface area contributed by atoms with Crippen LogP contribution < -0.4 is 5.32 Å². The van der Waals surface area contributed by atoms with Crippen LogP contribution in [0.3, 0.4) is 0 Å². The number of carbonyl (C=O) groups is 1. The van der Waals surface area contributed by atoms with Crippen LogP contribution in [-0.2, 0) is 9.53 Å². The van der Waals surface area contributed by atoms with Gasteiger partial charge in [-0.05, 0) is 58.2 Å². The fraction of sp³-hybridized carbons (Fsp3) is 0.941. The van der Waals surface area contributed by atoms with E-state index < -0.39 is 0 Å². The van der Waals surface area contributed by atoms with Crippen LogP contribution in [0.15, 0.2) is 0 Å². The van der Waals surface area contributed by atoms with Crippen molar-refractivity contribution >= 4 is 5.91 Å². The minimum Gasteiger partial charge on any atom is -0.365 e. The van der Waals surface area contributed by atoms with Gasteiger partial charge in [0.2, 0.25) is 5.91 Å². The van der Waals surface area contributed by atoms with Gasteiger partial charge in [0.25, 0.3) is 0 Å². The third kappa shape index (κ3) is 5.26. The van der Waals surface area contributed by atoms with Gasteiger partial charge in [-0.2, -0.15) is 0 Å². The molecule has 3 atom stereocenters. The number of amides is 1. The predicted molar refractivity (Wildman–Crippen MR) is 85.2 cm³/mol. The average Bonchev–Trinajstić information content (AvgIpc) is 2.47. The highest BCUT2D eigenvalue weighted by Crippen LogP contribution is 2.27. The van der Waals surface area contributed by atoms with Gasteiger partial charge in [0.15, 0.2) is 0 Å². The quantitative estimate of drug-likeness (QED) is 0.848. The van der Waals surface area contributed by atoms with Gasteiger partial charge in [-0.1, -0.05) is 26.7 Å². The Labute approximate surface area is 129 Å². The lowest BCUT2D eigenvalue weighted by Gasteiger charge is -2.32. The molecule has 2 aliphatic rings. The van der Waals surface area contributed by atoms with E-state index in [-0.39, 0.29) is 18.1 Å². The Hall–Kier alpha value is -0.610. The minimum absolute atomic E-state index is 0.102. The molecule has 0 aromatic rings. The second kappa shape index (κ2) is 8.14. The SMILES string of the molecule is CC[C@H](O[C@H]1CCC[C@H](C)C1)C(=O)NC1CCN(C)CC1. The first kappa shape index (κ1) is 16.8. The summed E-state index contributed by atoms with van der Waals surface area (Å²) in [7, 11) is 2.14. The van der Waals surface area contributed by atoms with E-state index in [1.807, 2.05) is 6.92 Å². The van der Waals surface area contributed by atoms with Gasteiger partial charge >= 0.3 is 0 Å². The van der Waals surface area contributed by atoms with Gasteiger partial charge in [-0.15, -0.1) is 0 Å². The molecule has 122 valence electrons. The van der Waals surface area contributed by atoms with Gasteiger partial charge < -0.3 is 15.0 Å². The summed E-state index contributed by atoms with van der Waals surface area (Å²) in [6, 6.07) is 0.330. The molecule has 4 nitrogen and oxygen atoms in total. The predicted octanol–water partition coefficient (Wildman–Crippen LogP) is 2.57. The lowest BCUT2D eigenvalue weighted by molar-refractivity contribution is -0.140.